The van der Waals surface area contributed by atoms with Crippen molar-refractivity contribution in [3.63, 3.8) is 0 Å². The first-order chi connectivity index (χ1) is 8.67. The molecule has 3 rings (SSSR count). The number of rotatable bonds is 2. The van der Waals surface area contributed by atoms with Crippen molar-refractivity contribution in [3.8, 4) is 5.75 Å². The highest BCUT2D eigenvalue weighted by Gasteiger charge is 2.43. The fraction of sp³-hybridized carbons (Fsp3) is 0.571. The molecule has 0 aromatic heterocycles. The Morgan fingerprint density at radius 3 is 2.89 bits per heavy atom. The van der Waals surface area contributed by atoms with Crippen molar-refractivity contribution in [3.05, 3.63) is 28.5 Å². The van der Waals surface area contributed by atoms with Crippen molar-refractivity contribution >= 4 is 15.9 Å². The third kappa shape index (κ3) is 2.41. The Hall–Kier alpha value is -0.610. The van der Waals surface area contributed by atoms with Crippen LogP contribution in [-0.4, -0.2) is 18.3 Å². The molecule has 1 aliphatic heterocycles. The van der Waals surface area contributed by atoms with E-state index in [1.807, 2.05) is 0 Å². The van der Waals surface area contributed by atoms with Gasteiger partial charge in [0.05, 0.1) is 16.7 Å². The number of hydrogen-bond acceptors (Lipinski definition) is 2. The lowest BCUT2D eigenvalue weighted by Crippen LogP contribution is -2.48. The van der Waals surface area contributed by atoms with E-state index in [1.165, 1.54) is 18.6 Å². The second kappa shape index (κ2) is 4.82. The molecule has 1 spiro atoms. The number of hydrogen-bond donors (Lipinski definition) is 0. The second-order valence-corrected chi connectivity index (χ2v) is 6.05. The first-order valence-corrected chi connectivity index (χ1v) is 7.22. The maximum absolute atomic E-state index is 13.0. The second-order valence-electron chi connectivity index (χ2n) is 5.19. The van der Waals surface area contributed by atoms with Crippen LogP contribution in [0.25, 0.3) is 0 Å². The zero-order valence-electron chi connectivity index (χ0n) is 10.1. The number of halogens is 2. The molecule has 0 N–H and O–H groups in total. The predicted molar refractivity (Wildman–Crippen MR) is 70.3 cm³/mol. The van der Waals surface area contributed by atoms with E-state index in [4.69, 9.17) is 9.47 Å². The molecule has 1 aromatic carbocycles. The van der Waals surface area contributed by atoms with Gasteiger partial charge in [0.25, 0.3) is 0 Å². The fourth-order valence-corrected chi connectivity index (χ4v) is 3.20. The molecule has 4 heteroatoms. The van der Waals surface area contributed by atoms with Crippen molar-refractivity contribution in [2.24, 2.45) is 0 Å². The molecule has 1 heterocycles. The molecule has 0 amide bonds. The minimum atomic E-state index is -0.253. The van der Waals surface area contributed by atoms with Crippen molar-refractivity contribution in [2.75, 3.05) is 6.61 Å². The zero-order valence-corrected chi connectivity index (χ0v) is 11.7. The normalized spacial score (nSPS) is 25.8. The van der Waals surface area contributed by atoms with Gasteiger partial charge >= 0.3 is 0 Å². The van der Waals surface area contributed by atoms with Crippen LogP contribution in [0, 0.1) is 5.82 Å². The van der Waals surface area contributed by atoms with Gasteiger partial charge in [-0.25, -0.2) is 4.39 Å². The summed E-state index contributed by atoms with van der Waals surface area (Å²) in [7, 11) is 0. The Kier molecular flexibility index (Phi) is 3.32. The van der Waals surface area contributed by atoms with Crippen LogP contribution in [0.1, 0.15) is 32.1 Å². The van der Waals surface area contributed by atoms with E-state index in [1.54, 1.807) is 6.07 Å². The molecule has 1 unspecified atom stereocenters. The lowest BCUT2D eigenvalue weighted by Gasteiger charge is -2.46. The van der Waals surface area contributed by atoms with Gasteiger partial charge < -0.3 is 9.47 Å². The lowest BCUT2D eigenvalue weighted by molar-refractivity contribution is -0.153. The summed E-state index contributed by atoms with van der Waals surface area (Å²) in [6, 6.07) is 4.55. The van der Waals surface area contributed by atoms with Crippen molar-refractivity contribution in [1.82, 2.24) is 0 Å². The van der Waals surface area contributed by atoms with E-state index in [0.717, 1.165) is 38.0 Å². The Bertz CT molecular complexity index is 445. The average molecular weight is 315 g/mol. The van der Waals surface area contributed by atoms with E-state index in [0.29, 0.717) is 4.47 Å². The molecule has 2 fully saturated rings. The first-order valence-electron chi connectivity index (χ1n) is 6.43. The van der Waals surface area contributed by atoms with Crippen molar-refractivity contribution < 1.29 is 13.9 Å². The molecule has 0 bridgehead atoms. The van der Waals surface area contributed by atoms with E-state index >= 15 is 0 Å². The highest BCUT2D eigenvalue weighted by molar-refractivity contribution is 9.10. The molecule has 18 heavy (non-hydrogen) atoms. The molecule has 98 valence electrons. The summed E-state index contributed by atoms with van der Waals surface area (Å²) in [5.41, 5.74) is 0.0788. The van der Waals surface area contributed by atoms with Gasteiger partial charge in [0.15, 0.2) is 0 Å². The van der Waals surface area contributed by atoms with Gasteiger partial charge in [0.1, 0.15) is 17.7 Å². The van der Waals surface area contributed by atoms with Crippen LogP contribution < -0.4 is 4.74 Å². The van der Waals surface area contributed by atoms with Crippen LogP contribution in [0.15, 0.2) is 22.7 Å². The standard InChI is InChI=1S/C14H16BrFO2/c15-12-8-10(16)2-3-13(12)18-11-4-7-17-14(9-11)5-1-6-14/h2-3,8,11H,1,4-7,9H2. The van der Waals surface area contributed by atoms with Crippen LogP contribution in [0.3, 0.4) is 0 Å². The monoisotopic (exact) mass is 314 g/mol. The summed E-state index contributed by atoms with van der Waals surface area (Å²) in [4.78, 5) is 0. The van der Waals surface area contributed by atoms with Crippen LogP contribution in [0.4, 0.5) is 4.39 Å². The van der Waals surface area contributed by atoms with Gasteiger partial charge in [-0.3, -0.25) is 0 Å². The Labute approximate surface area is 115 Å². The molecule has 1 saturated carbocycles. The van der Waals surface area contributed by atoms with Gasteiger partial charge in [0, 0.05) is 12.8 Å². The van der Waals surface area contributed by atoms with Gasteiger partial charge in [-0.05, 0) is 53.4 Å². The van der Waals surface area contributed by atoms with Gasteiger partial charge in [-0.15, -0.1) is 0 Å². The van der Waals surface area contributed by atoms with Crippen LogP contribution in [-0.2, 0) is 4.74 Å². The Morgan fingerprint density at radius 2 is 2.22 bits per heavy atom. The number of benzene rings is 1. The summed E-state index contributed by atoms with van der Waals surface area (Å²) in [5.74, 6) is 0.467. The summed E-state index contributed by atoms with van der Waals surface area (Å²) < 4.78 is 25.5. The smallest absolute Gasteiger partial charge is 0.134 e. The number of ether oxygens (including phenoxy) is 2. The highest BCUT2D eigenvalue weighted by atomic mass is 79.9. The third-order valence-corrected chi connectivity index (χ3v) is 4.52. The zero-order chi connectivity index (χ0) is 12.6. The van der Waals surface area contributed by atoms with E-state index in [9.17, 15) is 4.39 Å². The van der Waals surface area contributed by atoms with Crippen molar-refractivity contribution in [2.45, 2.75) is 43.8 Å². The lowest BCUT2D eigenvalue weighted by atomic mass is 9.74. The highest BCUT2D eigenvalue weighted by Crippen LogP contribution is 2.43. The molecule has 1 saturated heterocycles. The largest absolute Gasteiger partial charge is 0.489 e. The van der Waals surface area contributed by atoms with E-state index < -0.39 is 0 Å². The summed E-state index contributed by atoms with van der Waals surface area (Å²) in [6.07, 6.45) is 5.60. The maximum Gasteiger partial charge on any atom is 0.134 e. The van der Waals surface area contributed by atoms with Crippen LogP contribution in [0.2, 0.25) is 0 Å². The Balaban J connectivity index is 1.68. The molecule has 2 nitrogen and oxygen atoms in total. The fourth-order valence-electron chi connectivity index (χ4n) is 2.75. The predicted octanol–water partition coefficient (Wildman–Crippen LogP) is 4.07. The SMILES string of the molecule is Fc1ccc(OC2CCOC3(CCC3)C2)c(Br)c1. The van der Waals surface area contributed by atoms with Gasteiger partial charge in [-0.2, -0.15) is 0 Å². The third-order valence-electron chi connectivity index (χ3n) is 3.90. The topological polar surface area (TPSA) is 18.5 Å². The summed E-state index contributed by atoms with van der Waals surface area (Å²) in [6.45, 7) is 0.767. The Morgan fingerprint density at radius 1 is 1.39 bits per heavy atom. The summed E-state index contributed by atoms with van der Waals surface area (Å²) in [5, 5.41) is 0. The van der Waals surface area contributed by atoms with E-state index in [2.05, 4.69) is 15.9 Å². The molecule has 1 atom stereocenters. The van der Waals surface area contributed by atoms with Crippen molar-refractivity contribution in [1.29, 1.82) is 0 Å². The van der Waals surface area contributed by atoms with Crippen LogP contribution in [0.5, 0.6) is 5.75 Å². The minimum Gasteiger partial charge on any atom is -0.489 e. The molecular weight excluding hydrogens is 299 g/mol. The average Bonchev–Trinajstić information content (AvgIpc) is 2.31. The molecule has 1 aromatic rings. The van der Waals surface area contributed by atoms with Gasteiger partial charge in [0.2, 0.25) is 0 Å². The maximum atomic E-state index is 13.0. The first kappa shape index (κ1) is 12.4. The molecule has 2 aliphatic rings. The summed E-state index contributed by atoms with van der Waals surface area (Å²) >= 11 is 3.34. The molecule has 1 aliphatic carbocycles. The molecule has 0 radical (unpaired) electrons. The van der Waals surface area contributed by atoms with E-state index in [-0.39, 0.29) is 17.5 Å². The quantitative estimate of drug-likeness (QED) is 0.819. The van der Waals surface area contributed by atoms with Gasteiger partial charge in [-0.1, -0.05) is 0 Å². The molecular formula is C14H16BrFO2. The minimum absolute atomic E-state index is 0.0788. The van der Waals surface area contributed by atoms with Crippen LogP contribution >= 0.6 is 15.9 Å².